The van der Waals surface area contributed by atoms with Crippen molar-refractivity contribution in [1.82, 2.24) is 10.3 Å². The summed E-state index contributed by atoms with van der Waals surface area (Å²) in [4.78, 5) is 30.6. The lowest BCUT2D eigenvalue weighted by Crippen LogP contribution is -2.43. The topological polar surface area (TPSA) is 91.4 Å². The molecule has 3 aromatic rings. The van der Waals surface area contributed by atoms with Crippen molar-refractivity contribution in [2.75, 3.05) is 29.3 Å². The van der Waals surface area contributed by atoms with Crippen molar-refractivity contribution in [1.29, 1.82) is 0 Å². The number of pyridine rings is 1. The van der Waals surface area contributed by atoms with Gasteiger partial charge in [-0.25, -0.2) is 18.6 Å². The van der Waals surface area contributed by atoms with E-state index in [2.05, 4.69) is 15.6 Å². The van der Waals surface area contributed by atoms with E-state index in [-0.39, 0.29) is 30.0 Å². The van der Waals surface area contributed by atoms with E-state index in [9.17, 15) is 13.8 Å². The highest BCUT2D eigenvalue weighted by Crippen LogP contribution is 2.36. The molecule has 0 radical (unpaired) electrons. The molecule has 2 aromatic carbocycles. The summed E-state index contributed by atoms with van der Waals surface area (Å²) in [5.74, 6) is -2.66. The van der Waals surface area contributed by atoms with Gasteiger partial charge in [0.2, 0.25) is 5.91 Å². The van der Waals surface area contributed by atoms with Crippen molar-refractivity contribution < 1.29 is 22.6 Å². The molecule has 184 valence electrons. The molecular weight excluding hydrogens is 498 g/mol. The van der Waals surface area contributed by atoms with E-state index in [0.29, 0.717) is 15.5 Å². The molecule has 1 atom stereocenters. The van der Waals surface area contributed by atoms with Crippen LogP contribution in [0.4, 0.5) is 25.1 Å². The van der Waals surface area contributed by atoms with Crippen LogP contribution in [-0.2, 0) is 14.7 Å². The summed E-state index contributed by atoms with van der Waals surface area (Å²) >= 11 is 5.76. The van der Waals surface area contributed by atoms with Crippen LogP contribution in [-0.4, -0.2) is 46.2 Å². The van der Waals surface area contributed by atoms with Crippen molar-refractivity contribution in [3.05, 3.63) is 71.4 Å². The first-order valence-corrected chi connectivity index (χ1v) is 13.7. The molecule has 0 unspecified atom stereocenters. The number of aromatic nitrogens is 1. The van der Waals surface area contributed by atoms with Gasteiger partial charge in [0.05, 0.1) is 10.7 Å². The third-order valence-electron chi connectivity index (χ3n) is 5.61. The fourth-order valence-corrected chi connectivity index (χ4v) is 5.27. The Morgan fingerprint density at radius 3 is 2.51 bits per heavy atom. The van der Waals surface area contributed by atoms with Crippen molar-refractivity contribution in [2.24, 2.45) is 0 Å². The molecule has 1 fully saturated rings. The van der Waals surface area contributed by atoms with Gasteiger partial charge in [-0.05, 0) is 54.8 Å². The Balaban J connectivity index is 1.53. The van der Waals surface area contributed by atoms with Gasteiger partial charge in [0.25, 0.3) is 0 Å². The Morgan fingerprint density at radius 1 is 1.09 bits per heavy atom. The normalized spacial score (nSPS) is 16.3. The highest BCUT2D eigenvalue weighted by Gasteiger charge is 2.36. The minimum absolute atomic E-state index is 0.0399. The van der Waals surface area contributed by atoms with E-state index in [1.807, 2.05) is 0 Å². The van der Waals surface area contributed by atoms with Crippen molar-refractivity contribution in [3.8, 4) is 11.1 Å². The van der Waals surface area contributed by atoms with Gasteiger partial charge in [-0.2, -0.15) is 0 Å². The maximum absolute atomic E-state index is 15.2. The molecule has 0 spiro atoms. The molecule has 3 amide bonds. The molecule has 11 heteroatoms. The summed E-state index contributed by atoms with van der Waals surface area (Å²) in [6, 6.07) is 10.7. The first-order valence-electron chi connectivity index (χ1n) is 10.7. The molecule has 2 heterocycles. The lowest BCUT2D eigenvalue weighted by Gasteiger charge is -2.21. The number of amides is 3. The number of urea groups is 1. The molecule has 7 nitrogen and oxygen atoms in total. The molecule has 0 aliphatic carbocycles. The van der Waals surface area contributed by atoms with E-state index in [1.54, 1.807) is 42.8 Å². The summed E-state index contributed by atoms with van der Waals surface area (Å²) in [5, 5.41) is 5.42. The zero-order valence-electron chi connectivity index (χ0n) is 18.9. The monoisotopic (exact) mass is 520 g/mol. The average molecular weight is 521 g/mol. The van der Waals surface area contributed by atoms with Crippen LogP contribution in [0, 0.1) is 11.6 Å². The van der Waals surface area contributed by atoms with Crippen LogP contribution in [0.1, 0.15) is 6.42 Å². The lowest BCUT2D eigenvalue weighted by atomic mass is 10.0. The highest BCUT2D eigenvalue weighted by molar-refractivity contribution is 8.01. The van der Waals surface area contributed by atoms with E-state index in [0.717, 1.165) is 4.90 Å². The molecule has 1 saturated heterocycles. The van der Waals surface area contributed by atoms with Gasteiger partial charge in [-0.15, -0.1) is 0 Å². The first-order chi connectivity index (χ1) is 16.6. The fraction of sp³-hybridized carbons (Fsp3) is 0.208. The van der Waals surface area contributed by atoms with Crippen LogP contribution in [0.2, 0.25) is 5.02 Å². The van der Waals surface area contributed by atoms with Gasteiger partial charge in [-0.1, -0.05) is 39.7 Å². The van der Waals surface area contributed by atoms with Crippen LogP contribution in [0.5, 0.6) is 0 Å². The summed E-state index contributed by atoms with van der Waals surface area (Å²) < 4.78 is 43.0. The predicted molar refractivity (Wildman–Crippen MR) is 134 cm³/mol. The average Bonchev–Trinajstić information content (AvgIpc) is 3.16. The molecule has 35 heavy (non-hydrogen) atoms. The Hall–Kier alpha value is -3.37. The number of hydrogen-bond acceptors (Lipinski definition) is 4. The van der Waals surface area contributed by atoms with Gasteiger partial charge in [0, 0.05) is 23.2 Å². The Kier molecular flexibility index (Phi) is 6.86. The van der Waals surface area contributed by atoms with Gasteiger partial charge in [-0.3, -0.25) is 14.3 Å². The van der Waals surface area contributed by atoms with Crippen LogP contribution < -0.4 is 15.5 Å². The quantitative estimate of drug-likeness (QED) is 0.439. The largest absolute Gasteiger partial charge is 0.326 e. The van der Waals surface area contributed by atoms with Crippen LogP contribution in [0.3, 0.4) is 0 Å². The Labute approximate surface area is 206 Å². The number of carbonyl (C=O) groups excluding carboxylic acids is 2. The summed E-state index contributed by atoms with van der Waals surface area (Å²) in [6.07, 6.45) is 4.69. The van der Waals surface area contributed by atoms with Gasteiger partial charge in [0.15, 0.2) is 11.6 Å². The number of anilines is 2. The highest BCUT2D eigenvalue weighted by atomic mass is 35.5. The second-order valence-electron chi connectivity index (χ2n) is 8.42. The SMILES string of the molecule is C[SH](C)(=O)c1ccccc1-c1ccc(N2CC[C@@H](NC(=O)Nc3ccc(Cl)cn3)C2=O)c(F)c1F. The van der Waals surface area contributed by atoms with E-state index >= 15 is 8.78 Å². The predicted octanol–water partition coefficient (Wildman–Crippen LogP) is 4.24. The zero-order chi connectivity index (χ0) is 25.3. The summed E-state index contributed by atoms with van der Waals surface area (Å²) in [5.41, 5.74) is 0.0690. The second-order valence-corrected chi connectivity index (χ2v) is 12.0. The molecule has 2 N–H and O–H groups in total. The van der Waals surface area contributed by atoms with Gasteiger partial charge in [0.1, 0.15) is 11.9 Å². The number of nitrogens with one attached hydrogen (secondary N) is 2. The third kappa shape index (κ3) is 5.18. The van der Waals surface area contributed by atoms with Crippen molar-refractivity contribution >= 4 is 45.0 Å². The third-order valence-corrected chi connectivity index (χ3v) is 7.38. The van der Waals surface area contributed by atoms with E-state index < -0.39 is 39.5 Å². The summed E-state index contributed by atoms with van der Waals surface area (Å²) in [7, 11) is -2.76. The smallest absolute Gasteiger partial charge is 0.321 e. The molecule has 1 aromatic heterocycles. The standard InChI is InChI=1S/C24H23ClF2N4O3S/c1-35(2,34)19-6-4-3-5-15(19)16-8-9-18(22(27)21(16)26)31-12-11-17(23(31)32)29-24(33)30-20-10-7-14(25)13-28-20/h3-10,13,17,35H,11-12H2,1-2H3,(H2,28,29,30,33)/t17-/m1/s1. The molecular formula is C24H23ClF2N4O3S. The van der Waals surface area contributed by atoms with E-state index in [1.165, 1.54) is 24.4 Å². The number of rotatable bonds is 5. The lowest BCUT2D eigenvalue weighted by molar-refractivity contribution is -0.118. The van der Waals surface area contributed by atoms with E-state index in [4.69, 9.17) is 11.6 Å². The second kappa shape index (κ2) is 9.71. The molecule has 1 aliphatic heterocycles. The first kappa shape index (κ1) is 24.7. The maximum Gasteiger partial charge on any atom is 0.321 e. The van der Waals surface area contributed by atoms with Gasteiger partial charge < -0.3 is 10.2 Å². The Morgan fingerprint density at radius 2 is 1.83 bits per heavy atom. The van der Waals surface area contributed by atoms with Crippen LogP contribution in [0.15, 0.2) is 59.6 Å². The van der Waals surface area contributed by atoms with Crippen LogP contribution >= 0.6 is 11.6 Å². The minimum atomic E-state index is -2.76. The fourth-order valence-electron chi connectivity index (χ4n) is 3.94. The van der Waals surface area contributed by atoms with Gasteiger partial charge >= 0.3 is 6.03 Å². The van der Waals surface area contributed by atoms with Crippen molar-refractivity contribution in [2.45, 2.75) is 17.4 Å². The van der Waals surface area contributed by atoms with Crippen molar-refractivity contribution in [3.63, 3.8) is 0 Å². The summed E-state index contributed by atoms with van der Waals surface area (Å²) in [6.45, 7) is 0.0917. The molecule has 0 bridgehead atoms. The molecule has 1 aliphatic rings. The zero-order valence-corrected chi connectivity index (χ0v) is 20.5. The minimum Gasteiger partial charge on any atom is -0.326 e. The number of nitrogens with zero attached hydrogens (tertiary/aromatic N) is 2. The Bertz CT molecular complexity index is 1350. The maximum atomic E-state index is 15.2. The number of benzene rings is 2. The molecule has 0 saturated carbocycles. The molecule has 4 rings (SSSR count). The van der Waals surface area contributed by atoms with Crippen LogP contribution in [0.25, 0.3) is 11.1 Å². The number of hydrogen-bond donors (Lipinski definition) is 3. The number of thiol groups is 1. The number of carbonyl (C=O) groups is 2. The number of halogens is 3.